The first-order chi connectivity index (χ1) is 9.65. The zero-order valence-electron chi connectivity index (χ0n) is 12.7. The van der Waals surface area contributed by atoms with Crippen molar-refractivity contribution in [3.05, 3.63) is 0 Å². The lowest BCUT2D eigenvalue weighted by Gasteiger charge is -2.35. The van der Waals surface area contributed by atoms with Crippen LogP contribution in [0.5, 0.6) is 0 Å². The predicted octanol–water partition coefficient (Wildman–Crippen LogP) is 1.64. The summed E-state index contributed by atoms with van der Waals surface area (Å²) in [5, 5.41) is 3.61. The fraction of sp³-hybridized carbons (Fsp3) is 0.938. The summed E-state index contributed by atoms with van der Waals surface area (Å²) >= 11 is 0. The van der Waals surface area contributed by atoms with Crippen molar-refractivity contribution in [2.75, 3.05) is 13.1 Å². The third-order valence-corrected chi connectivity index (χ3v) is 5.53. The van der Waals surface area contributed by atoms with E-state index in [-0.39, 0.29) is 5.91 Å². The fourth-order valence-electron chi connectivity index (χ4n) is 4.01. The Labute approximate surface area is 122 Å². The van der Waals surface area contributed by atoms with Crippen LogP contribution in [0, 0.1) is 5.92 Å². The Hall–Kier alpha value is -0.610. The molecule has 3 fully saturated rings. The maximum absolute atomic E-state index is 12.1. The van der Waals surface area contributed by atoms with Crippen molar-refractivity contribution in [2.45, 2.75) is 75.9 Å². The van der Waals surface area contributed by atoms with Crippen LogP contribution in [0.4, 0.5) is 0 Å². The lowest BCUT2D eigenvalue weighted by molar-refractivity contribution is -0.126. The van der Waals surface area contributed by atoms with E-state index in [1.54, 1.807) is 0 Å². The second kappa shape index (κ2) is 5.64. The van der Waals surface area contributed by atoms with Gasteiger partial charge in [0.05, 0.1) is 0 Å². The monoisotopic (exact) mass is 279 g/mol. The molecular weight excluding hydrogens is 250 g/mol. The molecule has 20 heavy (non-hydrogen) atoms. The van der Waals surface area contributed by atoms with Gasteiger partial charge in [-0.15, -0.1) is 0 Å². The Bertz CT molecular complexity index is 365. The smallest absolute Gasteiger partial charge is 0.238 e. The molecule has 3 N–H and O–H groups in total. The summed E-state index contributed by atoms with van der Waals surface area (Å²) in [7, 11) is 0. The van der Waals surface area contributed by atoms with E-state index in [1.807, 2.05) is 0 Å². The van der Waals surface area contributed by atoms with Gasteiger partial charge < -0.3 is 16.0 Å². The zero-order chi connectivity index (χ0) is 14.2. The Morgan fingerprint density at radius 1 is 1.30 bits per heavy atom. The van der Waals surface area contributed by atoms with E-state index in [2.05, 4.69) is 17.1 Å². The normalized spacial score (nSPS) is 33.8. The lowest BCUT2D eigenvalue weighted by atomic mass is 9.83. The summed E-state index contributed by atoms with van der Waals surface area (Å²) in [5.41, 5.74) is 5.40. The molecule has 0 aliphatic heterocycles. The van der Waals surface area contributed by atoms with Crippen LogP contribution < -0.4 is 11.1 Å². The van der Waals surface area contributed by atoms with Gasteiger partial charge in [-0.25, -0.2) is 0 Å². The van der Waals surface area contributed by atoms with Crippen molar-refractivity contribution in [3.8, 4) is 0 Å². The molecule has 1 amide bonds. The van der Waals surface area contributed by atoms with E-state index in [0.717, 1.165) is 44.8 Å². The number of carbonyl (C=O) groups excluding carboxylic acids is 1. The van der Waals surface area contributed by atoms with Gasteiger partial charge in [0.2, 0.25) is 5.91 Å². The van der Waals surface area contributed by atoms with Gasteiger partial charge in [-0.3, -0.25) is 4.79 Å². The quantitative estimate of drug-likeness (QED) is 0.710. The highest BCUT2D eigenvalue weighted by atomic mass is 16.1. The number of amides is 1. The van der Waals surface area contributed by atoms with Crippen LogP contribution in [0.25, 0.3) is 0 Å². The standard InChI is InChI=1S/C16H29N3O/c1-2-19(14-7-8-14)11-9-12-4-3-10-16(12,15(17)20)18-13-5-6-13/h12-14,18H,2-11H2,1H3,(H2,17,20). The van der Waals surface area contributed by atoms with Crippen LogP contribution in [-0.4, -0.2) is 41.5 Å². The van der Waals surface area contributed by atoms with E-state index in [4.69, 9.17) is 5.73 Å². The van der Waals surface area contributed by atoms with Crippen LogP contribution in [0.1, 0.15) is 58.3 Å². The summed E-state index contributed by atoms with van der Waals surface area (Å²) in [4.78, 5) is 14.7. The maximum Gasteiger partial charge on any atom is 0.238 e. The van der Waals surface area contributed by atoms with Crippen LogP contribution >= 0.6 is 0 Å². The van der Waals surface area contributed by atoms with Gasteiger partial charge in [0, 0.05) is 12.1 Å². The fourth-order valence-corrected chi connectivity index (χ4v) is 4.01. The van der Waals surface area contributed by atoms with Crippen LogP contribution in [0.2, 0.25) is 0 Å². The van der Waals surface area contributed by atoms with Gasteiger partial charge in [-0.2, -0.15) is 0 Å². The molecule has 4 nitrogen and oxygen atoms in total. The largest absolute Gasteiger partial charge is 0.368 e. The first kappa shape index (κ1) is 14.3. The molecule has 0 aromatic rings. The van der Waals surface area contributed by atoms with Crippen LogP contribution in [-0.2, 0) is 4.79 Å². The molecule has 0 aromatic carbocycles. The van der Waals surface area contributed by atoms with Crippen molar-refractivity contribution < 1.29 is 4.79 Å². The molecule has 0 bridgehead atoms. The highest BCUT2D eigenvalue weighted by Gasteiger charge is 2.49. The van der Waals surface area contributed by atoms with E-state index >= 15 is 0 Å². The van der Waals surface area contributed by atoms with E-state index in [1.165, 1.54) is 25.7 Å². The molecule has 3 rings (SSSR count). The summed E-state index contributed by atoms with van der Waals surface area (Å²) < 4.78 is 0. The molecule has 2 unspecified atom stereocenters. The van der Waals surface area contributed by atoms with Crippen molar-refractivity contribution in [1.82, 2.24) is 10.2 Å². The van der Waals surface area contributed by atoms with Gasteiger partial charge in [-0.1, -0.05) is 13.3 Å². The number of nitrogens with two attached hydrogens (primary N) is 1. The summed E-state index contributed by atoms with van der Waals surface area (Å²) in [6, 6.07) is 1.37. The van der Waals surface area contributed by atoms with E-state index < -0.39 is 5.54 Å². The van der Waals surface area contributed by atoms with Crippen molar-refractivity contribution in [2.24, 2.45) is 11.7 Å². The molecule has 3 saturated carbocycles. The lowest BCUT2D eigenvalue weighted by Crippen LogP contribution is -2.59. The number of hydrogen-bond acceptors (Lipinski definition) is 3. The van der Waals surface area contributed by atoms with Gasteiger partial charge >= 0.3 is 0 Å². The number of carbonyl (C=O) groups is 1. The van der Waals surface area contributed by atoms with Crippen LogP contribution in [0.15, 0.2) is 0 Å². The van der Waals surface area contributed by atoms with Gasteiger partial charge in [0.15, 0.2) is 0 Å². The predicted molar refractivity (Wildman–Crippen MR) is 80.3 cm³/mol. The first-order valence-corrected chi connectivity index (χ1v) is 8.47. The molecular formula is C16H29N3O. The SMILES string of the molecule is CCN(CCC1CCCC1(NC1CC1)C(N)=O)C1CC1. The Kier molecular flexibility index (Phi) is 4.04. The van der Waals surface area contributed by atoms with Gasteiger partial charge in [-0.05, 0) is 64.0 Å². The number of rotatable bonds is 8. The minimum atomic E-state index is -0.399. The highest BCUT2D eigenvalue weighted by molar-refractivity contribution is 5.85. The number of nitrogens with zero attached hydrogens (tertiary/aromatic N) is 1. The average molecular weight is 279 g/mol. The highest BCUT2D eigenvalue weighted by Crippen LogP contribution is 2.41. The Balaban J connectivity index is 1.61. The summed E-state index contributed by atoms with van der Waals surface area (Å²) in [6.45, 7) is 4.51. The number of nitrogens with one attached hydrogen (secondary N) is 1. The van der Waals surface area contributed by atoms with Crippen molar-refractivity contribution in [1.29, 1.82) is 0 Å². The topological polar surface area (TPSA) is 58.4 Å². The van der Waals surface area contributed by atoms with Crippen molar-refractivity contribution >= 4 is 5.91 Å². The molecule has 0 heterocycles. The van der Waals surface area contributed by atoms with E-state index in [9.17, 15) is 4.79 Å². The molecule has 0 aromatic heterocycles. The average Bonchev–Trinajstić information content (AvgIpc) is 3.31. The van der Waals surface area contributed by atoms with Crippen LogP contribution in [0.3, 0.4) is 0 Å². The molecule has 3 aliphatic carbocycles. The molecule has 4 heteroatoms. The second-order valence-corrected chi connectivity index (χ2v) is 6.99. The Morgan fingerprint density at radius 3 is 2.60 bits per heavy atom. The van der Waals surface area contributed by atoms with E-state index in [0.29, 0.717) is 12.0 Å². The first-order valence-electron chi connectivity index (χ1n) is 8.47. The third kappa shape index (κ3) is 2.86. The van der Waals surface area contributed by atoms with Crippen molar-refractivity contribution in [3.63, 3.8) is 0 Å². The molecule has 2 atom stereocenters. The summed E-state index contributed by atoms with van der Waals surface area (Å²) in [6.07, 6.45) is 9.51. The molecule has 3 aliphatic rings. The third-order valence-electron chi connectivity index (χ3n) is 5.53. The molecule has 0 saturated heterocycles. The Morgan fingerprint density at radius 2 is 2.05 bits per heavy atom. The minimum Gasteiger partial charge on any atom is -0.368 e. The minimum absolute atomic E-state index is 0.110. The van der Waals surface area contributed by atoms with Gasteiger partial charge in [0.1, 0.15) is 5.54 Å². The molecule has 0 radical (unpaired) electrons. The zero-order valence-corrected chi connectivity index (χ0v) is 12.7. The summed E-state index contributed by atoms with van der Waals surface area (Å²) in [5.74, 6) is 0.328. The molecule has 114 valence electrons. The number of hydrogen-bond donors (Lipinski definition) is 2. The number of primary amides is 1. The second-order valence-electron chi connectivity index (χ2n) is 6.99. The maximum atomic E-state index is 12.1. The molecule has 0 spiro atoms. The van der Waals surface area contributed by atoms with Gasteiger partial charge in [0.25, 0.3) is 0 Å².